The zero-order chi connectivity index (χ0) is 30.2. The summed E-state index contributed by atoms with van der Waals surface area (Å²) in [7, 11) is 0. The molecule has 220 valence electrons. The third kappa shape index (κ3) is 5.99. The van der Waals surface area contributed by atoms with Crippen molar-refractivity contribution < 1.29 is 28.6 Å². The first-order valence-electron chi connectivity index (χ1n) is 14.0. The third-order valence-electron chi connectivity index (χ3n) is 7.23. The molecule has 0 radical (unpaired) electrons. The number of carboxylic acids is 1. The first-order chi connectivity index (χ1) is 19.9. The zero-order valence-corrected chi connectivity index (χ0v) is 24.5. The highest BCUT2D eigenvalue weighted by atomic mass is 19.1. The normalized spacial score (nSPS) is 13.9. The van der Waals surface area contributed by atoms with E-state index in [-0.39, 0.29) is 29.5 Å². The predicted octanol–water partition coefficient (Wildman–Crippen LogP) is 5.99. The fourth-order valence-electron chi connectivity index (χ4n) is 5.37. The highest BCUT2D eigenvalue weighted by molar-refractivity contribution is 5.90. The van der Waals surface area contributed by atoms with E-state index >= 15 is 4.39 Å². The molecule has 0 spiro atoms. The summed E-state index contributed by atoms with van der Waals surface area (Å²) >= 11 is 0. The molecule has 0 bridgehead atoms. The van der Waals surface area contributed by atoms with Crippen LogP contribution in [-0.4, -0.2) is 43.8 Å². The molecule has 1 aliphatic heterocycles. The molecule has 4 aromatic rings. The van der Waals surface area contributed by atoms with E-state index in [1.807, 2.05) is 37.3 Å². The number of ether oxygens (including phenoxy) is 2. The number of carbonyl (C=O) groups excluding carboxylic acids is 1. The molecule has 0 saturated carbocycles. The van der Waals surface area contributed by atoms with Crippen LogP contribution in [0, 0.1) is 19.7 Å². The Hall–Kier alpha value is -4.31. The number of nitrogens with zero attached hydrogens (tertiary/aromatic N) is 3. The molecule has 0 saturated heterocycles. The minimum Gasteiger partial charge on any atom is -0.490 e. The Morgan fingerprint density at radius 3 is 2.62 bits per heavy atom. The molecule has 1 unspecified atom stereocenters. The SMILES string of the molecule is Cc1nc2cc(NC(=O)CCc3ccccc3)nn2c(-c2cc(F)c3c(c2C)CCCO3)c1C(OC(C)(C)C)C(=O)O. The number of anilines is 1. The van der Waals surface area contributed by atoms with Gasteiger partial charge in [-0.25, -0.2) is 18.7 Å². The van der Waals surface area contributed by atoms with Crippen molar-refractivity contribution in [2.24, 2.45) is 0 Å². The maximum absolute atomic E-state index is 15.5. The lowest BCUT2D eigenvalue weighted by atomic mass is 9.91. The van der Waals surface area contributed by atoms with Crippen LogP contribution in [0.25, 0.3) is 16.9 Å². The highest BCUT2D eigenvalue weighted by Gasteiger charge is 2.34. The van der Waals surface area contributed by atoms with Crippen LogP contribution >= 0.6 is 0 Å². The summed E-state index contributed by atoms with van der Waals surface area (Å²) in [6, 6.07) is 12.7. The van der Waals surface area contributed by atoms with Crippen molar-refractivity contribution in [3.8, 4) is 17.0 Å². The zero-order valence-electron chi connectivity index (χ0n) is 24.5. The fraction of sp³-hybridized carbons (Fsp3) is 0.375. The van der Waals surface area contributed by atoms with Crippen LogP contribution in [-0.2, 0) is 27.2 Å². The minimum atomic E-state index is -1.42. The monoisotopic (exact) mass is 574 g/mol. The van der Waals surface area contributed by atoms with Crippen LogP contribution in [0.2, 0.25) is 0 Å². The minimum absolute atomic E-state index is 0.221. The molecule has 1 aliphatic rings. The lowest BCUT2D eigenvalue weighted by Crippen LogP contribution is -2.29. The van der Waals surface area contributed by atoms with E-state index in [1.165, 1.54) is 10.6 Å². The van der Waals surface area contributed by atoms with Crippen molar-refractivity contribution in [1.82, 2.24) is 14.6 Å². The van der Waals surface area contributed by atoms with Crippen LogP contribution < -0.4 is 10.1 Å². The topological polar surface area (TPSA) is 115 Å². The highest BCUT2D eigenvalue weighted by Crippen LogP contribution is 2.41. The summed E-state index contributed by atoms with van der Waals surface area (Å²) < 4.78 is 28.6. The largest absolute Gasteiger partial charge is 0.490 e. The van der Waals surface area contributed by atoms with E-state index in [4.69, 9.17) is 9.47 Å². The predicted molar refractivity (Wildman–Crippen MR) is 156 cm³/mol. The number of aryl methyl sites for hydroxylation is 2. The smallest absolute Gasteiger partial charge is 0.337 e. The first kappa shape index (κ1) is 29.2. The second-order valence-corrected chi connectivity index (χ2v) is 11.5. The molecule has 1 amide bonds. The number of aromatic nitrogens is 3. The molecule has 42 heavy (non-hydrogen) atoms. The van der Waals surface area contributed by atoms with Gasteiger partial charge in [-0.1, -0.05) is 30.3 Å². The van der Waals surface area contributed by atoms with Gasteiger partial charge in [0.05, 0.1) is 17.9 Å². The summed E-state index contributed by atoms with van der Waals surface area (Å²) in [4.78, 5) is 30.1. The lowest BCUT2D eigenvalue weighted by Gasteiger charge is -2.28. The molecular formula is C32H35FN4O5. The Morgan fingerprint density at radius 1 is 1.19 bits per heavy atom. The van der Waals surface area contributed by atoms with E-state index in [2.05, 4.69) is 15.4 Å². The number of carbonyl (C=O) groups is 2. The number of hydrogen-bond acceptors (Lipinski definition) is 6. The van der Waals surface area contributed by atoms with Gasteiger partial charge >= 0.3 is 5.97 Å². The van der Waals surface area contributed by atoms with Gasteiger partial charge in [0.15, 0.2) is 29.1 Å². The maximum Gasteiger partial charge on any atom is 0.337 e. The van der Waals surface area contributed by atoms with E-state index in [0.717, 1.165) is 23.1 Å². The number of fused-ring (bicyclic) bond motifs is 2. The van der Waals surface area contributed by atoms with Gasteiger partial charge in [0.25, 0.3) is 0 Å². The van der Waals surface area contributed by atoms with Crippen LogP contribution in [0.15, 0.2) is 42.5 Å². The van der Waals surface area contributed by atoms with Crippen molar-refractivity contribution >= 4 is 23.3 Å². The van der Waals surface area contributed by atoms with E-state index in [9.17, 15) is 14.7 Å². The lowest BCUT2D eigenvalue weighted by molar-refractivity contribution is -0.160. The Balaban J connectivity index is 1.65. The summed E-state index contributed by atoms with van der Waals surface area (Å²) in [5.41, 5.74) is 3.53. The standard InChI is InChI=1S/C32H35FN4O5/c1-18-21-12-9-15-41-29(21)23(33)16-22(18)28-27(30(31(39)40)42-32(3,4)5)19(2)34-25-17-24(36-37(25)28)35-26(38)14-13-20-10-7-6-8-11-20/h6-8,10-11,16-17,30H,9,12-15H2,1-5H3,(H,39,40)(H,35,36,38). The molecule has 3 heterocycles. The van der Waals surface area contributed by atoms with E-state index in [1.54, 1.807) is 33.8 Å². The molecular weight excluding hydrogens is 539 g/mol. The Kier molecular flexibility index (Phi) is 8.01. The number of amides is 1. The number of halogens is 1. The molecule has 0 aliphatic carbocycles. The number of nitrogens with one attached hydrogen (secondary N) is 1. The number of aliphatic carboxylic acids is 1. The molecule has 2 aromatic heterocycles. The summed E-state index contributed by atoms with van der Waals surface area (Å²) in [6.45, 7) is 9.29. The fourth-order valence-corrected chi connectivity index (χ4v) is 5.37. The molecule has 9 nitrogen and oxygen atoms in total. The maximum atomic E-state index is 15.5. The van der Waals surface area contributed by atoms with Crippen LogP contribution in [0.3, 0.4) is 0 Å². The van der Waals surface area contributed by atoms with Crippen molar-refractivity contribution in [2.45, 2.75) is 72.0 Å². The van der Waals surface area contributed by atoms with Gasteiger partial charge < -0.3 is 19.9 Å². The summed E-state index contributed by atoms with van der Waals surface area (Å²) in [5, 5.41) is 17.8. The van der Waals surface area contributed by atoms with E-state index < -0.39 is 23.5 Å². The van der Waals surface area contributed by atoms with E-state index in [0.29, 0.717) is 42.0 Å². The van der Waals surface area contributed by atoms with Gasteiger partial charge in [0.1, 0.15) is 0 Å². The number of benzene rings is 2. The van der Waals surface area contributed by atoms with Gasteiger partial charge in [-0.3, -0.25) is 4.79 Å². The Morgan fingerprint density at radius 2 is 1.93 bits per heavy atom. The third-order valence-corrected chi connectivity index (χ3v) is 7.23. The average Bonchev–Trinajstić information content (AvgIpc) is 3.33. The molecule has 2 N–H and O–H groups in total. The van der Waals surface area contributed by atoms with Crippen LogP contribution in [0.1, 0.15) is 67.7 Å². The molecule has 10 heteroatoms. The molecule has 5 rings (SSSR count). The van der Waals surface area contributed by atoms with Crippen molar-refractivity contribution in [3.05, 3.63) is 76.2 Å². The molecule has 2 aromatic carbocycles. The number of hydrogen-bond donors (Lipinski definition) is 2. The van der Waals surface area contributed by atoms with Crippen LogP contribution in [0.5, 0.6) is 5.75 Å². The van der Waals surface area contributed by atoms with Gasteiger partial charge in [-0.05, 0) is 71.1 Å². The average molecular weight is 575 g/mol. The van der Waals surface area contributed by atoms with Crippen molar-refractivity contribution in [1.29, 1.82) is 0 Å². The van der Waals surface area contributed by atoms with Crippen molar-refractivity contribution in [3.63, 3.8) is 0 Å². The Bertz CT molecular complexity index is 1660. The molecule has 1 atom stereocenters. The van der Waals surface area contributed by atoms with Gasteiger partial charge in [-0.2, -0.15) is 0 Å². The van der Waals surface area contributed by atoms with Crippen molar-refractivity contribution in [2.75, 3.05) is 11.9 Å². The Labute approximate surface area is 243 Å². The van der Waals surface area contributed by atoms with Gasteiger partial charge in [-0.15, -0.1) is 5.10 Å². The van der Waals surface area contributed by atoms with Gasteiger partial charge in [0.2, 0.25) is 5.91 Å². The second-order valence-electron chi connectivity index (χ2n) is 11.5. The second kappa shape index (κ2) is 11.5. The summed E-state index contributed by atoms with van der Waals surface area (Å²) in [6.07, 6.45) is 0.752. The van der Waals surface area contributed by atoms with Gasteiger partial charge in [0, 0.05) is 34.9 Å². The van der Waals surface area contributed by atoms with Crippen LogP contribution in [0.4, 0.5) is 10.2 Å². The quantitative estimate of drug-likeness (QED) is 0.266. The molecule has 0 fully saturated rings. The first-order valence-corrected chi connectivity index (χ1v) is 14.0. The number of carboxylic acid groups (broad SMARTS) is 1. The summed E-state index contributed by atoms with van der Waals surface area (Å²) in [5.74, 6) is -1.51. The number of rotatable bonds is 8.